The number of ether oxygens (including phenoxy) is 2. The molecule has 6 nitrogen and oxygen atoms in total. The zero-order valence-electron chi connectivity index (χ0n) is 14.6. The van der Waals surface area contributed by atoms with Gasteiger partial charge in [0.05, 0.1) is 16.3 Å². The maximum atomic E-state index is 11.7. The van der Waals surface area contributed by atoms with Crippen LogP contribution in [0, 0.1) is 5.92 Å². The summed E-state index contributed by atoms with van der Waals surface area (Å²) in [5.41, 5.74) is 13.2. The third-order valence-corrected chi connectivity index (χ3v) is 5.61. The van der Waals surface area contributed by atoms with E-state index in [-0.39, 0.29) is 6.10 Å². The molecule has 0 aromatic heterocycles. The molecule has 25 heavy (non-hydrogen) atoms. The second-order valence-electron chi connectivity index (χ2n) is 6.88. The van der Waals surface area contributed by atoms with Gasteiger partial charge in [-0.05, 0) is 44.3 Å². The highest BCUT2D eigenvalue weighted by molar-refractivity contribution is 6.33. The van der Waals surface area contributed by atoms with Crippen LogP contribution in [0.4, 0.5) is 5.69 Å². The normalized spacial score (nSPS) is 21.1. The molecule has 3 rings (SSSR count). The first-order valence-corrected chi connectivity index (χ1v) is 9.17. The number of fused-ring (bicyclic) bond motifs is 1. The molecular weight excluding hydrogens is 342 g/mol. The molecule has 0 radical (unpaired) electrons. The van der Waals surface area contributed by atoms with E-state index in [9.17, 15) is 4.79 Å². The van der Waals surface area contributed by atoms with Crippen LogP contribution in [0.3, 0.4) is 0 Å². The number of carbonyl (C=O) groups is 1. The lowest BCUT2D eigenvalue weighted by molar-refractivity contribution is 0.0840. The Hall–Kier alpha value is -1.50. The van der Waals surface area contributed by atoms with E-state index in [1.807, 2.05) is 0 Å². The van der Waals surface area contributed by atoms with Crippen LogP contribution in [0.5, 0.6) is 5.75 Å². The van der Waals surface area contributed by atoms with E-state index < -0.39 is 5.91 Å². The summed E-state index contributed by atoms with van der Waals surface area (Å²) < 4.78 is 11.2. The summed E-state index contributed by atoms with van der Waals surface area (Å²) in [4.78, 5) is 14.2. The number of piperidine rings is 1. The van der Waals surface area contributed by atoms with Crippen molar-refractivity contribution in [2.24, 2.45) is 11.7 Å². The Bertz CT molecular complexity index is 645. The summed E-state index contributed by atoms with van der Waals surface area (Å²) in [6.07, 6.45) is 3.94. The molecule has 1 amide bonds. The molecule has 0 saturated carbocycles. The standard InChI is InChI=1S/C18H26ClN3O3/c1-24-8-2-5-22-6-3-11(4-7-22)15-10-12-16(20)14(19)9-13(18(21)23)17(12)25-15/h9,11,15H,2-8,10,20H2,1H3,(H2,21,23). The van der Waals surface area contributed by atoms with Crippen LogP contribution >= 0.6 is 11.6 Å². The first kappa shape index (κ1) is 18.3. The summed E-state index contributed by atoms with van der Waals surface area (Å²) >= 11 is 6.15. The Kier molecular flexibility index (Phi) is 5.71. The predicted octanol–water partition coefficient (Wildman–Crippen LogP) is 2.07. The predicted molar refractivity (Wildman–Crippen MR) is 98.2 cm³/mol. The number of hydrogen-bond acceptors (Lipinski definition) is 5. The summed E-state index contributed by atoms with van der Waals surface area (Å²) in [6.45, 7) is 3.99. The van der Waals surface area contributed by atoms with Gasteiger partial charge in [-0.3, -0.25) is 4.79 Å². The first-order valence-electron chi connectivity index (χ1n) is 8.79. The van der Waals surface area contributed by atoms with Crippen molar-refractivity contribution in [1.29, 1.82) is 0 Å². The van der Waals surface area contributed by atoms with Gasteiger partial charge in [-0.25, -0.2) is 0 Å². The fourth-order valence-corrected chi connectivity index (χ4v) is 4.08. The zero-order chi connectivity index (χ0) is 18.0. The van der Waals surface area contributed by atoms with Gasteiger partial charge >= 0.3 is 0 Å². The van der Waals surface area contributed by atoms with Gasteiger partial charge in [0.25, 0.3) is 5.91 Å². The van der Waals surface area contributed by atoms with Crippen molar-refractivity contribution in [3.8, 4) is 5.75 Å². The Labute approximate surface area is 153 Å². The molecule has 0 bridgehead atoms. The molecule has 1 fully saturated rings. The highest BCUT2D eigenvalue weighted by atomic mass is 35.5. The van der Waals surface area contributed by atoms with Gasteiger partial charge in [-0.15, -0.1) is 0 Å². The maximum absolute atomic E-state index is 11.7. The summed E-state index contributed by atoms with van der Waals surface area (Å²) in [5.74, 6) is 0.443. The Morgan fingerprint density at radius 1 is 1.44 bits per heavy atom. The van der Waals surface area contributed by atoms with Gasteiger partial charge in [0.2, 0.25) is 0 Å². The third kappa shape index (κ3) is 3.86. The molecule has 1 atom stereocenters. The van der Waals surface area contributed by atoms with Gasteiger partial charge in [0, 0.05) is 32.2 Å². The number of methoxy groups -OCH3 is 1. The molecule has 7 heteroatoms. The van der Waals surface area contributed by atoms with Crippen LogP contribution in [0.15, 0.2) is 6.07 Å². The number of halogens is 1. The number of nitrogens with zero attached hydrogens (tertiary/aromatic N) is 1. The van der Waals surface area contributed by atoms with Crippen molar-refractivity contribution in [3.63, 3.8) is 0 Å². The second kappa shape index (κ2) is 7.81. The molecule has 4 N–H and O–H groups in total. The number of anilines is 1. The van der Waals surface area contributed by atoms with Crippen molar-refractivity contribution in [2.45, 2.75) is 31.8 Å². The van der Waals surface area contributed by atoms with Crippen LogP contribution in [0.1, 0.15) is 35.2 Å². The average Bonchev–Trinajstić information content (AvgIpc) is 3.04. The second-order valence-corrected chi connectivity index (χ2v) is 7.28. The summed E-state index contributed by atoms with van der Waals surface area (Å²) in [5, 5.41) is 0.366. The number of amides is 1. The van der Waals surface area contributed by atoms with Gasteiger partial charge < -0.3 is 25.8 Å². The summed E-state index contributed by atoms with van der Waals surface area (Å²) in [7, 11) is 1.74. The topological polar surface area (TPSA) is 90.8 Å². The molecule has 0 spiro atoms. The zero-order valence-corrected chi connectivity index (χ0v) is 15.3. The van der Waals surface area contributed by atoms with E-state index in [0.29, 0.717) is 34.4 Å². The van der Waals surface area contributed by atoms with Crippen molar-refractivity contribution < 1.29 is 14.3 Å². The lowest BCUT2D eigenvalue weighted by Gasteiger charge is -2.34. The van der Waals surface area contributed by atoms with Gasteiger partial charge in [0.1, 0.15) is 11.9 Å². The molecule has 2 heterocycles. The Morgan fingerprint density at radius 3 is 2.80 bits per heavy atom. The molecule has 2 aliphatic heterocycles. The van der Waals surface area contributed by atoms with E-state index in [4.69, 9.17) is 32.5 Å². The molecule has 0 aliphatic carbocycles. The monoisotopic (exact) mass is 367 g/mol. The Balaban J connectivity index is 1.64. The van der Waals surface area contributed by atoms with Crippen LogP contribution in [-0.2, 0) is 11.2 Å². The SMILES string of the molecule is COCCCN1CCC(C2Cc3c(N)c(Cl)cc(C(N)=O)c3O2)CC1. The Morgan fingerprint density at radius 2 is 2.16 bits per heavy atom. The third-order valence-electron chi connectivity index (χ3n) is 5.29. The minimum absolute atomic E-state index is 0.0370. The lowest BCUT2D eigenvalue weighted by atomic mass is 9.88. The fourth-order valence-electron chi connectivity index (χ4n) is 3.86. The van der Waals surface area contributed by atoms with E-state index in [2.05, 4.69) is 4.90 Å². The number of likely N-dealkylation sites (tertiary alicyclic amines) is 1. The number of nitrogens with two attached hydrogens (primary N) is 2. The first-order chi connectivity index (χ1) is 12.0. The number of nitrogen functional groups attached to an aromatic ring is 1. The number of benzene rings is 1. The van der Waals surface area contributed by atoms with E-state index in [1.165, 1.54) is 6.07 Å². The minimum atomic E-state index is -0.535. The van der Waals surface area contributed by atoms with Gasteiger partial charge in [0.15, 0.2) is 0 Å². The van der Waals surface area contributed by atoms with E-state index in [0.717, 1.165) is 51.1 Å². The van der Waals surface area contributed by atoms with Crippen molar-refractivity contribution in [1.82, 2.24) is 4.90 Å². The van der Waals surface area contributed by atoms with Crippen molar-refractivity contribution >= 4 is 23.2 Å². The minimum Gasteiger partial charge on any atom is -0.489 e. The van der Waals surface area contributed by atoms with E-state index >= 15 is 0 Å². The molecule has 1 unspecified atom stereocenters. The van der Waals surface area contributed by atoms with Crippen molar-refractivity contribution in [2.75, 3.05) is 39.1 Å². The molecule has 138 valence electrons. The van der Waals surface area contributed by atoms with Crippen molar-refractivity contribution in [3.05, 3.63) is 22.2 Å². The molecule has 2 aliphatic rings. The number of hydrogen-bond donors (Lipinski definition) is 2. The smallest absolute Gasteiger partial charge is 0.252 e. The highest BCUT2D eigenvalue weighted by Gasteiger charge is 2.36. The number of rotatable bonds is 6. The fraction of sp³-hybridized carbons (Fsp3) is 0.611. The molecular formula is C18H26ClN3O3. The van der Waals surface area contributed by atoms with E-state index in [1.54, 1.807) is 7.11 Å². The van der Waals surface area contributed by atoms with Crippen LogP contribution < -0.4 is 16.2 Å². The van der Waals surface area contributed by atoms with Crippen LogP contribution in [0.2, 0.25) is 5.02 Å². The maximum Gasteiger partial charge on any atom is 0.252 e. The largest absolute Gasteiger partial charge is 0.489 e. The average molecular weight is 368 g/mol. The number of primary amides is 1. The number of carbonyl (C=O) groups excluding carboxylic acids is 1. The molecule has 1 aromatic carbocycles. The molecule has 1 aromatic rings. The van der Waals surface area contributed by atoms with Crippen LogP contribution in [-0.4, -0.2) is 50.3 Å². The quantitative estimate of drug-likeness (QED) is 0.593. The van der Waals surface area contributed by atoms with Crippen LogP contribution in [0.25, 0.3) is 0 Å². The summed E-state index contributed by atoms with van der Waals surface area (Å²) in [6, 6.07) is 1.51. The highest BCUT2D eigenvalue weighted by Crippen LogP contribution is 2.43. The van der Waals surface area contributed by atoms with Gasteiger partial charge in [-0.2, -0.15) is 0 Å². The van der Waals surface area contributed by atoms with Gasteiger partial charge in [-0.1, -0.05) is 11.6 Å². The lowest BCUT2D eigenvalue weighted by Crippen LogP contribution is -2.39. The molecule has 1 saturated heterocycles.